The molecule has 0 radical (unpaired) electrons. The Labute approximate surface area is 96.5 Å². The molecule has 1 N–H and O–H groups in total. The molecule has 0 spiro atoms. The number of hydrogen-bond acceptors (Lipinski definition) is 1. The third-order valence-corrected chi connectivity index (χ3v) is 2.63. The van der Waals surface area contributed by atoms with E-state index in [2.05, 4.69) is 50.0 Å². The van der Waals surface area contributed by atoms with Gasteiger partial charge in [0.05, 0.1) is 0 Å². The summed E-state index contributed by atoms with van der Waals surface area (Å²) in [7, 11) is 0. The van der Waals surface area contributed by atoms with E-state index < -0.39 is 0 Å². The maximum atomic E-state index is 10.7. The number of amides is 1. The highest BCUT2D eigenvalue weighted by molar-refractivity contribution is 7.96. The standard InChI is InChI=1S/C12H17NOS/c1-8(2)10-5-4-9(3)11(6-10)7-13-12(14)15/h4-6,8H,7H2,1-3H3,(H2,13,14,15). The Morgan fingerprint density at radius 1 is 1.47 bits per heavy atom. The molecule has 0 saturated heterocycles. The predicted octanol–water partition coefficient (Wildman–Crippen LogP) is 3.26. The Bertz CT molecular complexity index is 361. The Morgan fingerprint density at radius 2 is 2.13 bits per heavy atom. The average molecular weight is 223 g/mol. The molecule has 0 fully saturated rings. The maximum Gasteiger partial charge on any atom is 0.276 e. The fourth-order valence-electron chi connectivity index (χ4n) is 1.41. The van der Waals surface area contributed by atoms with Crippen LogP contribution in [0, 0.1) is 6.92 Å². The molecule has 1 aromatic carbocycles. The molecule has 82 valence electrons. The lowest BCUT2D eigenvalue weighted by atomic mass is 9.98. The highest BCUT2D eigenvalue weighted by Crippen LogP contribution is 2.18. The number of aryl methyl sites for hydroxylation is 1. The van der Waals surface area contributed by atoms with Gasteiger partial charge in [-0.05, 0) is 29.5 Å². The van der Waals surface area contributed by atoms with Gasteiger partial charge in [0.15, 0.2) is 0 Å². The van der Waals surface area contributed by atoms with Crippen molar-refractivity contribution in [1.82, 2.24) is 5.32 Å². The van der Waals surface area contributed by atoms with E-state index in [-0.39, 0.29) is 5.24 Å². The first-order valence-corrected chi connectivity index (χ1v) is 5.51. The Kier molecular flexibility index (Phi) is 4.21. The number of carbonyl (C=O) groups excluding carboxylic acids is 1. The van der Waals surface area contributed by atoms with Crippen LogP contribution in [-0.4, -0.2) is 5.24 Å². The molecular weight excluding hydrogens is 206 g/mol. The lowest BCUT2D eigenvalue weighted by Crippen LogP contribution is -2.16. The van der Waals surface area contributed by atoms with E-state index in [0.717, 1.165) is 5.56 Å². The Balaban J connectivity index is 2.85. The summed E-state index contributed by atoms with van der Waals surface area (Å²) in [6, 6.07) is 6.37. The van der Waals surface area contributed by atoms with E-state index in [1.807, 2.05) is 6.92 Å². The molecule has 0 atom stereocenters. The lowest BCUT2D eigenvalue weighted by molar-refractivity contribution is 0.260. The first kappa shape index (κ1) is 12.1. The first-order chi connectivity index (χ1) is 7.00. The van der Waals surface area contributed by atoms with Crippen molar-refractivity contribution >= 4 is 17.9 Å². The van der Waals surface area contributed by atoms with Crippen LogP contribution in [0.5, 0.6) is 0 Å². The molecule has 0 bridgehead atoms. The molecule has 0 aromatic heterocycles. The van der Waals surface area contributed by atoms with Gasteiger partial charge in [0.1, 0.15) is 0 Å². The smallest absolute Gasteiger partial charge is 0.276 e. The van der Waals surface area contributed by atoms with Crippen LogP contribution in [0.25, 0.3) is 0 Å². The van der Waals surface area contributed by atoms with Gasteiger partial charge in [-0.1, -0.05) is 44.7 Å². The van der Waals surface area contributed by atoms with E-state index in [9.17, 15) is 4.79 Å². The number of carbonyl (C=O) groups is 1. The Morgan fingerprint density at radius 3 is 2.67 bits per heavy atom. The minimum absolute atomic E-state index is 0.288. The largest absolute Gasteiger partial charge is 0.343 e. The highest BCUT2D eigenvalue weighted by Gasteiger charge is 2.04. The number of thiol groups is 1. The normalized spacial score (nSPS) is 10.5. The third-order valence-electron chi connectivity index (χ3n) is 2.47. The zero-order chi connectivity index (χ0) is 11.4. The van der Waals surface area contributed by atoms with Gasteiger partial charge in [0.25, 0.3) is 5.24 Å². The van der Waals surface area contributed by atoms with Gasteiger partial charge in [-0.25, -0.2) is 0 Å². The molecule has 0 heterocycles. The monoisotopic (exact) mass is 223 g/mol. The topological polar surface area (TPSA) is 29.1 Å². The molecule has 15 heavy (non-hydrogen) atoms. The minimum Gasteiger partial charge on any atom is -0.343 e. The summed E-state index contributed by atoms with van der Waals surface area (Å²) < 4.78 is 0. The Hall–Kier alpha value is -0.960. The lowest BCUT2D eigenvalue weighted by Gasteiger charge is -2.11. The van der Waals surface area contributed by atoms with Gasteiger partial charge in [-0.3, -0.25) is 4.79 Å². The summed E-state index contributed by atoms with van der Waals surface area (Å²) in [5, 5.41) is 2.41. The van der Waals surface area contributed by atoms with Gasteiger partial charge >= 0.3 is 0 Å². The van der Waals surface area contributed by atoms with E-state index in [0.29, 0.717) is 12.5 Å². The fraction of sp³-hybridized carbons (Fsp3) is 0.417. The summed E-state index contributed by atoms with van der Waals surface area (Å²) in [6.07, 6.45) is 0. The van der Waals surface area contributed by atoms with Crippen molar-refractivity contribution in [2.45, 2.75) is 33.2 Å². The molecule has 0 aliphatic carbocycles. The number of benzene rings is 1. The SMILES string of the molecule is Cc1ccc(C(C)C)cc1CNC(=O)S. The molecule has 1 aromatic rings. The summed E-state index contributed by atoms with van der Waals surface area (Å²) in [4.78, 5) is 10.7. The van der Waals surface area contributed by atoms with Crippen LogP contribution in [0.15, 0.2) is 18.2 Å². The van der Waals surface area contributed by atoms with Gasteiger partial charge in [0.2, 0.25) is 0 Å². The van der Waals surface area contributed by atoms with Crippen LogP contribution in [0.3, 0.4) is 0 Å². The van der Waals surface area contributed by atoms with Crippen molar-refractivity contribution < 1.29 is 4.79 Å². The van der Waals surface area contributed by atoms with Crippen LogP contribution in [0.2, 0.25) is 0 Å². The van der Waals surface area contributed by atoms with E-state index in [4.69, 9.17) is 0 Å². The summed E-state index contributed by atoms with van der Waals surface area (Å²) in [5.74, 6) is 0.510. The molecule has 2 nitrogen and oxygen atoms in total. The van der Waals surface area contributed by atoms with Gasteiger partial charge in [-0.2, -0.15) is 0 Å². The summed E-state index contributed by atoms with van der Waals surface area (Å²) >= 11 is 3.68. The fourth-order valence-corrected chi connectivity index (χ4v) is 1.49. The molecule has 0 aliphatic rings. The highest BCUT2D eigenvalue weighted by atomic mass is 32.1. The van der Waals surface area contributed by atoms with Gasteiger partial charge in [-0.15, -0.1) is 0 Å². The van der Waals surface area contributed by atoms with Crippen molar-refractivity contribution in [2.75, 3.05) is 0 Å². The van der Waals surface area contributed by atoms with E-state index in [1.54, 1.807) is 0 Å². The van der Waals surface area contributed by atoms with Crippen molar-refractivity contribution in [3.05, 3.63) is 34.9 Å². The van der Waals surface area contributed by atoms with E-state index in [1.165, 1.54) is 11.1 Å². The van der Waals surface area contributed by atoms with Crippen molar-refractivity contribution in [1.29, 1.82) is 0 Å². The molecule has 1 amide bonds. The predicted molar refractivity (Wildman–Crippen MR) is 66.5 cm³/mol. The zero-order valence-electron chi connectivity index (χ0n) is 9.37. The number of rotatable bonds is 3. The van der Waals surface area contributed by atoms with Gasteiger partial charge in [0, 0.05) is 6.54 Å². The molecule has 3 heteroatoms. The molecule has 0 unspecified atom stereocenters. The van der Waals surface area contributed by atoms with Crippen molar-refractivity contribution in [3.8, 4) is 0 Å². The van der Waals surface area contributed by atoms with Crippen molar-refractivity contribution in [3.63, 3.8) is 0 Å². The summed E-state index contributed by atoms with van der Waals surface area (Å²) in [6.45, 7) is 6.91. The third kappa shape index (κ3) is 3.59. The second-order valence-electron chi connectivity index (χ2n) is 4.00. The van der Waals surface area contributed by atoms with Crippen LogP contribution in [0.1, 0.15) is 36.5 Å². The number of hydrogen-bond donors (Lipinski definition) is 2. The van der Waals surface area contributed by atoms with Crippen LogP contribution >= 0.6 is 12.6 Å². The molecule has 1 rings (SSSR count). The quantitative estimate of drug-likeness (QED) is 0.757. The average Bonchev–Trinajstić information content (AvgIpc) is 2.16. The summed E-state index contributed by atoms with van der Waals surface area (Å²) in [5.41, 5.74) is 3.65. The van der Waals surface area contributed by atoms with Gasteiger partial charge < -0.3 is 5.32 Å². The molecule has 0 aliphatic heterocycles. The zero-order valence-corrected chi connectivity index (χ0v) is 10.3. The van der Waals surface area contributed by atoms with Crippen LogP contribution in [-0.2, 0) is 6.54 Å². The molecular formula is C12H17NOS. The molecule has 0 saturated carbocycles. The van der Waals surface area contributed by atoms with Crippen molar-refractivity contribution in [2.24, 2.45) is 0 Å². The second-order valence-corrected chi connectivity index (χ2v) is 4.41. The van der Waals surface area contributed by atoms with Crippen LogP contribution in [0.4, 0.5) is 4.79 Å². The second kappa shape index (κ2) is 5.21. The minimum atomic E-state index is -0.288. The first-order valence-electron chi connectivity index (χ1n) is 5.07. The van der Waals surface area contributed by atoms with E-state index >= 15 is 0 Å². The number of nitrogens with one attached hydrogen (secondary N) is 1. The van der Waals surface area contributed by atoms with Crippen LogP contribution < -0.4 is 5.32 Å². The maximum absolute atomic E-state index is 10.7.